The quantitative estimate of drug-likeness (QED) is 0.685. The van der Waals surface area contributed by atoms with Crippen LogP contribution in [-0.2, 0) is 19.7 Å². The fraction of sp³-hybridized carbons (Fsp3) is 0.900. The zero-order chi connectivity index (χ0) is 13.3. The van der Waals surface area contributed by atoms with Gasteiger partial charge in [0.25, 0.3) is 10.2 Å². The summed E-state index contributed by atoms with van der Waals surface area (Å²) in [6, 6.07) is 0. The van der Waals surface area contributed by atoms with E-state index in [2.05, 4.69) is 5.32 Å². The largest absolute Gasteiger partial charge is 0.373 e. The van der Waals surface area contributed by atoms with Gasteiger partial charge in [0.15, 0.2) is 0 Å². The van der Waals surface area contributed by atoms with E-state index in [0.29, 0.717) is 26.2 Å². The van der Waals surface area contributed by atoms with E-state index >= 15 is 0 Å². The van der Waals surface area contributed by atoms with Crippen LogP contribution in [0.5, 0.6) is 0 Å². The average Bonchev–Trinajstić information content (AvgIpc) is 2.27. The predicted octanol–water partition coefficient (Wildman–Crippen LogP) is -1.23. The van der Waals surface area contributed by atoms with Gasteiger partial charge in [-0.25, -0.2) is 0 Å². The third kappa shape index (κ3) is 2.82. The third-order valence-corrected chi connectivity index (χ3v) is 4.96. The molecule has 0 aromatic rings. The highest BCUT2D eigenvalue weighted by molar-refractivity contribution is 7.86. The summed E-state index contributed by atoms with van der Waals surface area (Å²) in [6.45, 7) is 4.97. The zero-order valence-corrected chi connectivity index (χ0v) is 11.4. The summed E-state index contributed by atoms with van der Waals surface area (Å²) in [5, 5.41) is 2.62. The number of carbonyl (C=O) groups is 1. The molecule has 18 heavy (non-hydrogen) atoms. The number of carbonyl (C=O) groups excluding carboxylic acids is 1. The minimum absolute atomic E-state index is 0.0948. The standard InChI is InChI=1S/C10H19N3O4S/c1-8-5-13(6-9(2)17-8)18(15,16)12-4-3-11-10(14)7-12/h8-9H,3-7H2,1-2H3,(H,11,14)/t8-,9+. The molecule has 2 fully saturated rings. The highest BCUT2D eigenvalue weighted by atomic mass is 32.2. The van der Waals surface area contributed by atoms with Crippen LogP contribution < -0.4 is 5.32 Å². The molecule has 0 saturated carbocycles. The Kier molecular flexibility index (Phi) is 3.90. The Labute approximate surface area is 107 Å². The van der Waals surface area contributed by atoms with Crippen molar-refractivity contribution < 1.29 is 17.9 Å². The van der Waals surface area contributed by atoms with Gasteiger partial charge in [-0.05, 0) is 13.8 Å². The lowest BCUT2D eigenvalue weighted by Crippen LogP contribution is -2.57. The van der Waals surface area contributed by atoms with E-state index in [1.165, 1.54) is 8.61 Å². The highest BCUT2D eigenvalue weighted by Gasteiger charge is 2.37. The SMILES string of the molecule is C[C@@H]1CN(S(=O)(=O)N2CCNC(=O)C2)C[C@H](C)O1. The Hall–Kier alpha value is -0.700. The number of hydrogen-bond acceptors (Lipinski definition) is 4. The molecule has 2 saturated heterocycles. The van der Waals surface area contributed by atoms with Crippen LogP contribution in [0.3, 0.4) is 0 Å². The Morgan fingerprint density at radius 2 is 1.83 bits per heavy atom. The van der Waals surface area contributed by atoms with Gasteiger partial charge < -0.3 is 10.1 Å². The lowest BCUT2D eigenvalue weighted by atomic mass is 10.3. The van der Waals surface area contributed by atoms with Crippen molar-refractivity contribution in [3.8, 4) is 0 Å². The fourth-order valence-electron chi connectivity index (χ4n) is 2.29. The number of piperazine rings is 1. The Bertz CT molecular complexity index is 415. The molecule has 2 aliphatic heterocycles. The first-order valence-corrected chi connectivity index (χ1v) is 7.46. The van der Waals surface area contributed by atoms with Gasteiger partial charge in [0, 0.05) is 26.2 Å². The molecule has 0 aromatic carbocycles. The minimum atomic E-state index is -3.56. The molecule has 2 aliphatic rings. The number of nitrogens with one attached hydrogen (secondary N) is 1. The van der Waals surface area contributed by atoms with E-state index in [9.17, 15) is 13.2 Å². The van der Waals surface area contributed by atoms with Crippen molar-refractivity contribution in [3.05, 3.63) is 0 Å². The summed E-state index contributed by atoms with van der Waals surface area (Å²) in [7, 11) is -3.56. The Morgan fingerprint density at radius 3 is 2.39 bits per heavy atom. The van der Waals surface area contributed by atoms with Crippen LogP contribution in [0.1, 0.15) is 13.8 Å². The fourth-order valence-corrected chi connectivity index (χ4v) is 4.02. The number of ether oxygens (including phenoxy) is 1. The van der Waals surface area contributed by atoms with Gasteiger partial charge in [-0.1, -0.05) is 0 Å². The van der Waals surface area contributed by atoms with Gasteiger partial charge in [-0.2, -0.15) is 17.0 Å². The van der Waals surface area contributed by atoms with Crippen molar-refractivity contribution >= 4 is 16.1 Å². The van der Waals surface area contributed by atoms with Gasteiger partial charge in [0.2, 0.25) is 5.91 Å². The highest BCUT2D eigenvalue weighted by Crippen LogP contribution is 2.17. The molecule has 104 valence electrons. The maximum Gasteiger partial charge on any atom is 0.282 e. The van der Waals surface area contributed by atoms with Crippen LogP contribution in [0.2, 0.25) is 0 Å². The number of hydrogen-bond donors (Lipinski definition) is 1. The van der Waals surface area contributed by atoms with Crippen molar-refractivity contribution in [2.75, 3.05) is 32.7 Å². The molecule has 8 heteroatoms. The molecule has 0 aliphatic carbocycles. The summed E-state index contributed by atoms with van der Waals surface area (Å²) in [5.41, 5.74) is 0. The molecule has 1 amide bonds. The van der Waals surface area contributed by atoms with Gasteiger partial charge in [0.05, 0.1) is 18.8 Å². The summed E-state index contributed by atoms with van der Waals surface area (Å²) in [4.78, 5) is 11.3. The van der Waals surface area contributed by atoms with E-state index in [-0.39, 0.29) is 24.7 Å². The normalized spacial score (nSPS) is 32.2. The lowest BCUT2D eigenvalue weighted by Gasteiger charge is -2.38. The molecule has 0 unspecified atom stereocenters. The second kappa shape index (κ2) is 5.12. The Morgan fingerprint density at radius 1 is 1.22 bits per heavy atom. The molecular weight excluding hydrogens is 258 g/mol. The van der Waals surface area contributed by atoms with Crippen LogP contribution in [0.25, 0.3) is 0 Å². The first-order chi connectivity index (χ1) is 8.39. The molecule has 2 heterocycles. The minimum Gasteiger partial charge on any atom is -0.373 e. The van der Waals surface area contributed by atoms with Gasteiger partial charge >= 0.3 is 0 Å². The van der Waals surface area contributed by atoms with E-state index in [1.54, 1.807) is 0 Å². The molecule has 2 rings (SSSR count). The molecule has 1 N–H and O–H groups in total. The molecule has 0 bridgehead atoms. The van der Waals surface area contributed by atoms with Crippen molar-refractivity contribution in [1.29, 1.82) is 0 Å². The first kappa shape index (κ1) is 13.7. The van der Waals surface area contributed by atoms with Gasteiger partial charge in [-0.15, -0.1) is 0 Å². The average molecular weight is 277 g/mol. The number of morpholine rings is 1. The van der Waals surface area contributed by atoms with Gasteiger partial charge in [0.1, 0.15) is 0 Å². The second-order valence-corrected chi connectivity index (χ2v) is 6.69. The van der Waals surface area contributed by atoms with Crippen LogP contribution in [-0.4, -0.2) is 67.9 Å². The maximum atomic E-state index is 12.4. The van der Waals surface area contributed by atoms with Crippen LogP contribution in [0.4, 0.5) is 0 Å². The number of nitrogens with zero attached hydrogens (tertiary/aromatic N) is 2. The molecular formula is C10H19N3O4S. The van der Waals surface area contributed by atoms with Crippen molar-refractivity contribution in [1.82, 2.24) is 13.9 Å². The predicted molar refractivity (Wildman–Crippen MR) is 65.1 cm³/mol. The smallest absolute Gasteiger partial charge is 0.282 e. The lowest BCUT2D eigenvalue weighted by molar-refractivity contribution is -0.122. The summed E-state index contributed by atoms with van der Waals surface area (Å²) in [6.07, 6.45) is -0.246. The van der Waals surface area contributed by atoms with E-state index in [4.69, 9.17) is 4.74 Å². The van der Waals surface area contributed by atoms with E-state index < -0.39 is 10.2 Å². The number of rotatable bonds is 2. The first-order valence-electron chi connectivity index (χ1n) is 6.07. The van der Waals surface area contributed by atoms with E-state index in [0.717, 1.165) is 0 Å². The summed E-state index contributed by atoms with van der Waals surface area (Å²) in [5.74, 6) is -0.251. The van der Waals surface area contributed by atoms with Gasteiger partial charge in [-0.3, -0.25) is 4.79 Å². The van der Waals surface area contributed by atoms with Crippen molar-refractivity contribution in [2.24, 2.45) is 0 Å². The van der Waals surface area contributed by atoms with E-state index in [1.807, 2.05) is 13.8 Å². The second-order valence-electron chi connectivity index (χ2n) is 4.77. The zero-order valence-electron chi connectivity index (χ0n) is 10.6. The molecule has 0 radical (unpaired) electrons. The van der Waals surface area contributed by atoms with Crippen LogP contribution >= 0.6 is 0 Å². The molecule has 7 nitrogen and oxygen atoms in total. The third-order valence-electron chi connectivity index (χ3n) is 3.04. The number of amides is 1. The summed E-state index contributed by atoms with van der Waals surface area (Å²) < 4.78 is 32.9. The topological polar surface area (TPSA) is 79.0 Å². The summed E-state index contributed by atoms with van der Waals surface area (Å²) >= 11 is 0. The van der Waals surface area contributed by atoms with Crippen molar-refractivity contribution in [2.45, 2.75) is 26.1 Å². The molecule has 0 spiro atoms. The Balaban J connectivity index is 2.12. The molecule has 0 aromatic heterocycles. The van der Waals surface area contributed by atoms with Crippen LogP contribution in [0, 0.1) is 0 Å². The monoisotopic (exact) mass is 277 g/mol. The maximum absolute atomic E-state index is 12.4. The molecule has 2 atom stereocenters. The van der Waals surface area contributed by atoms with Crippen LogP contribution in [0.15, 0.2) is 0 Å². The van der Waals surface area contributed by atoms with Crippen molar-refractivity contribution in [3.63, 3.8) is 0 Å².